The lowest BCUT2D eigenvalue weighted by Gasteiger charge is -2.11. The van der Waals surface area contributed by atoms with E-state index in [0.717, 1.165) is 0 Å². The molecule has 0 aliphatic heterocycles. The van der Waals surface area contributed by atoms with E-state index in [9.17, 15) is 4.79 Å². The Morgan fingerprint density at radius 2 is 2.10 bits per heavy atom. The highest BCUT2D eigenvalue weighted by Crippen LogP contribution is 2.25. The first-order valence-corrected chi connectivity index (χ1v) is 6.63. The predicted molar refractivity (Wildman–Crippen MR) is 75.7 cm³/mol. The first-order valence-electron chi connectivity index (χ1n) is 6.26. The fourth-order valence-electron chi connectivity index (χ4n) is 1.55. The summed E-state index contributed by atoms with van der Waals surface area (Å²) >= 11 is 5.84. The Balaban J connectivity index is 2.15. The van der Waals surface area contributed by atoms with Crippen molar-refractivity contribution in [3.05, 3.63) is 40.6 Å². The normalized spacial score (nSPS) is 11.4. The van der Waals surface area contributed by atoms with Crippen LogP contribution in [0.1, 0.15) is 42.9 Å². The van der Waals surface area contributed by atoms with Gasteiger partial charge in [0.2, 0.25) is 5.89 Å². The van der Waals surface area contributed by atoms with Crippen LogP contribution < -0.4 is 4.74 Å². The highest BCUT2D eigenvalue weighted by molar-refractivity contribution is 6.30. The van der Waals surface area contributed by atoms with E-state index < -0.39 is 5.97 Å². The Kier molecular flexibility index (Phi) is 4.18. The number of hydrogen-bond acceptors (Lipinski definition) is 5. The number of nitrogens with zero attached hydrogens (tertiary/aromatic N) is 2. The third-order valence-corrected chi connectivity index (χ3v) is 2.87. The monoisotopic (exact) mass is 310 g/mol. The van der Waals surface area contributed by atoms with Crippen LogP contribution in [-0.4, -0.2) is 21.3 Å². The number of benzene rings is 1. The summed E-state index contributed by atoms with van der Waals surface area (Å²) in [7, 11) is 0. The molecule has 0 spiro atoms. The molecule has 2 aromatic rings. The van der Waals surface area contributed by atoms with Gasteiger partial charge in [0.15, 0.2) is 6.61 Å². The number of ether oxygens (including phenoxy) is 1. The van der Waals surface area contributed by atoms with Gasteiger partial charge in [0, 0.05) is 10.4 Å². The summed E-state index contributed by atoms with van der Waals surface area (Å²) in [5.41, 5.74) is -0.233. The van der Waals surface area contributed by atoms with Crippen LogP contribution in [-0.2, 0) is 12.0 Å². The molecule has 1 aromatic carbocycles. The van der Waals surface area contributed by atoms with Gasteiger partial charge in [-0.25, -0.2) is 4.79 Å². The molecule has 0 saturated carbocycles. The molecule has 6 nitrogen and oxygen atoms in total. The third kappa shape index (κ3) is 3.72. The molecule has 0 atom stereocenters. The maximum atomic E-state index is 11.1. The summed E-state index contributed by atoms with van der Waals surface area (Å²) in [6.45, 7) is 5.82. The second-order valence-corrected chi connectivity index (χ2v) is 5.92. The molecule has 0 aliphatic rings. The molecule has 1 heterocycles. The molecular formula is C14H15ClN2O4. The summed E-state index contributed by atoms with van der Waals surface area (Å²) in [6.07, 6.45) is 0. The minimum Gasteiger partial charge on any atom is -0.483 e. The molecule has 0 unspecified atom stereocenters. The molecule has 21 heavy (non-hydrogen) atoms. The van der Waals surface area contributed by atoms with Gasteiger partial charge in [-0.3, -0.25) is 0 Å². The molecule has 0 fully saturated rings. The van der Waals surface area contributed by atoms with E-state index >= 15 is 0 Å². The number of rotatable bonds is 4. The van der Waals surface area contributed by atoms with Crippen LogP contribution in [0.25, 0.3) is 0 Å². The first-order chi connectivity index (χ1) is 9.77. The van der Waals surface area contributed by atoms with Gasteiger partial charge >= 0.3 is 5.97 Å². The fourth-order valence-corrected chi connectivity index (χ4v) is 1.71. The van der Waals surface area contributed by atoms with Crippen molar-refractivity contribution in [2.24, 2.45) is 0 Å². The molecule has 0 saturated heterocycles. The van der Waals surface area contributed by atoms with Gasteiger partial charge in [0.1, 0.15) is 11.3 Å². The number of aromatic carboxylic acids is 1. The summed E-state index contributed by atoms with van der Waals surface area (Å²) in [4.78, 5) is 11.1. The van der Waals surface area contributed by atoms with Crippen LogP contribution in [0.4, 0.5) is 0 Å². The van der Waals surface area contributed by atoms with E-state index in [-0.39, 0.29) is 29.2 Å². The van der Waals surface area contributed by atoms with Gasteiger partial charge in [-0.15, -0.1) is 10.2 Å². The van der Waals surface area contributed by atoms with Gasteiger partial charge in [0.05, 0.1) is 0 Å². The fraction of sp³-hybridized carbons (Fsp3) is 0.357. The SMILES string of the molecule is CC(C)(C)c1nnc(COc2cc(Cl)ccc2C(=O)O)o1. The van der Waals surface area contributed by atoms with Gasteiger partial charge < -0.3 is 14.3 Å². The van der Waals surface area contributed by atoms with Gasteiger partial charge in [-0.2, -0.15) is 0 Å². The Bertz CT molecular complexity index is 661. The van der Waals surface area contributed by atoms with E-state index in [4.69, 9.17) is 25.9 Å². The first kappa shape index (κ1) is 15.3. The zero-order valence-corrected chi connectivity index (χ0v) is 12.6. The number of hydrogen-bond donors (Lipinski definition) is 1. The third-order valence-electron chi connectivity index (χ3n) is 2.63. The molecule has 0 aliphatic carbocycles. The number of aromatic nitrogens is 2. The molecular weight excluding hydrogens is 296 g/mol. The van der Waals surface area contributed by atoms with Crippen LogP contribution in [0.2, 0.25) is 5.02 Å². The molecule has 0 radical (unpaired) electrons. The molecule has 2 rings (SSSR count). The molecule has 7 heteroatoms. The Hall–Kier alpha value is -2.08. The summed E-state index contributed by atoms with van der Waals surface area (Å²) in [5.74, 6) is -0.171. The van der Waals surface area contributed by atoms with E-state index in [1.807, 2.05) is 20.8 Å². The molecule has 112 valence electrons. The Labute approximate surface area is 126 Å². The quantitative estimate of drug-likeness (QED) is 0.932. The number of carbonyl (C=O) groups is 1. The van der Waals surface area contributed by atoms with E-state index in [1.165, 1.54) is 18.2 Å². The van der Waals surface area contributed by atoms with Crippen LogP contribution in [0.15, 0.2) is 22.6 Å². The van der Waals surface area contributed by atoms with Crippen molar-refractivity contribution in [1.29, 1.82) is 0 Å². The van der Waals surface area contributed by atoms with Gasteiger partial charge in [-0.1, -0.05) is 32.4 Å². The van der Waals surface area contributed by atoms with Crippen molar-refractivity contribution in [3.63, 3.8) is 0 Å². The maximum absolute atomic E-state index is 11.1. The highest BCUT2D eigenvalue weighted by Gasteiger charge is 2.22. The molecule has 1 aromatic heterocycles. The number of halogens is 1. The van der Waals surface area contributed by atoms with Crippen LogP contribution in [0.3, 0.4) is 0 Å². The number of carboxylic acids is 1. The van der Waals surface area contributed by atoms with Crippen LogP contribution >= 0.6 is 11.6 Å². The topological polar surface area (TPSA) is 85.5 Å². The molecule has 1 N–H and O–H groups in total. The molecule has 0 amide bonds. The summed E-state index contributed by atoms with van der Waals surface area (Å²) in [5, 5.41) is 17.3. The number of carboxylic acid groups (broad SMARTS) is 1. The minimum absolute atomic E-state index is 0.0231. The lowest BCUT2D eigenvalue weighted by atomic mass is 9.97. The predicted octanol–water partition coefficient (Wildman–Crippen LogP) is 3.30. The second-order valence-electron chi connectivity index (χ2n) is 5.49. The Morgan fingerprint density at radius 3 is 2.67 bits per heavy atom. The zero-order valence-electron chi connectivity index (χ0n) is 11.9. The van der Waals surface area contributed by atoms with Crippen LogP contribution in [0.5, 0.6) is 5.75 Å². The van der Waals surface area contributed by atoms with Gasteiger partial charge in [0.25, 0.3) is 5.89 Å². The average molecular weight is 311 g/mol. The molecule has 0 bridgehead atoms. The summed E-state index contributed by atoms with van der Waals surface area (Å²) in [6, 6.07) is 4.31. The van der Waals surface area contributed by atoms with Gasteiger partial charge in [-0.05, 0) is 18.2 Å². The van der Waals surface area contributed by atoms with E-state index in [0.29, 0.717) is 10.9 Å². The highest BCUT2D eigenvalue weighted by atomic mass is 35.5. The van der Waals surface area contributed by atoms with E-state index in [1.54, 1.807) is 0 Å². The minimum atomic E-state index is -1.09. The average Bonchev–Trinajstić information content (AvgIpc) is 2.84. The smallest absolute Gasteiger partial charge is 0.339 e. The van der Waals surface area contributed by atoms with Crippen molar-refractivity contribution < 1.29 is 19.1 Å². The Morgan fingerprint density at radius 1 is 1.38 bits per heavy atom. The van der Waals surface area contributed by atoms with Crippen molar-refractivity contribution in [2.75, 3.05) is 0 Å². The van der Waals surface area contributed by atoms with Crippen molar-refractivity contribution in [3.8, 4) is 5.75 Å². The zero-order chi connectivity index (χ0) is 15.6. The van der Waals surface area contributed by atoms with Crippen LogP contribution in [0, 0.1) is 0 Å². The van der Waals surface area contributed by atoms with E-state index in [2.05, 4.69) is 10.2 Å². The second kappa shape index (κ2) is 5.73. The van der Waals surface area contributed by atoms with Crippen molar-refractivity contribution in [1.82, 2.24) is 10.2 Å². The lowest BCUT2D eigenvalue weighted by molar-refractivity contribution is 0.0691. The largest absolute Gasteiger partial charge is 0.483 e. The van der Waals surface area contributed by atoms with Crippen molar-refractivity contribution >= 4 is 17.6 Å². The lowest BCUT2D eigenvalue weighted by Crippen LogP contribution is -2.11. The summed E-state index contributed by atoms with van der Waals surface area (Å²) < 4.78 is 10.9. The standard InChI is InChI=1S/C14H15ClN2O4/c1-14(2,3)13-17-16-11(21-13)7-20-10-6-8(15)4-5-9(10)12(18)19/h4-6H,7H2,1-3H3,(H,18,19). The maximum Gasteiger partial charge on any atom is 0.339 e. The van der Waals surface area contributed by atoms with Crippen molar-refractivity contribution in [2.45, 2.75) is 32.8 Å².